The predicted octanol–water partition coefficient (Wildman–Crippen LogP) is -4.29. The summed E-state index contributed by atoms with van der Waals surface area (Å²) in [5.74, 6) is -1.79. The van der Waals surface area contributed by atoms with E-state index in [0.29, 0.717) is 5.92 Å². The van der Waals surface area contributed by atoms with Crippen LogP contribution < -0.4 is 42.7 Å². The van der Waals surface area contributed by atoms with E-state index in [2.05, 4.69) is 49.6 Å². The number of nitrogens with one attached hydrogen (secondary N) is 8. The van der Waals surface area contributed by atoms with Crippen LogP contribution in [-0.2, 0) is 100 Å². The highest BCUT2D eigenvalue weighted by atomic mass is 16.7. The fourth-order valence-corrected chi connectivity index (χ4v) is 13.1. The zero-order valence-corrected chi connectivity index (χ0v) is 63.4. The highest BCUT2D eigenvalue weighted by Gasteiger charge is 2.47. The third-order valence-electron chi connectivity index (χ3n) is 18.7. The molecule has 8 amide bonds. The first-order valence-corrected chi connectivity index (χ1v) is 37.8. The number of hydrogen-bond acceptors (Lipinski definition) is 30. The van der Waals surface area contributed by atoms with Gasteiger partial charge >= 0.3 is 0 Å². The molecule has 2 saturated heterocycles. The van der Waals surface area contributed by atoms with E-state index in [1.165, 1.54) is 59.8 Å². The summed E-state index contributed by atoms with van der Waals surface area (Å²) < 4.78 is 67.3. The largest absolute Gasteiger partial charge is 0.394 e. The first-order valence-electron chi connectivity index (χ1n) is 37.8. The summed E-state index contributed by atoms with van der Waals surface area (Å²) in [5, 5.41) is 109. The van der Waals surface area contributed by atoms with Crippen LogP contribution in [0.1, 0.15) is 144 Å². The first kappa shape index (κ1) is 95.3. The Morgan fingerprint density at radius 1 is 0.509 bits per heavy atom. The van der Waals surface area contributed by atoms with Gasteiger partial charge in [-0.2, -0.15) is 0 Å². The summed E-state index contributed by atoms with van der Waals surface area (Å²) >= 11 is 0. The summed E-state index contributed by atoms with van der Waals surface area (Å²) in [4.78, 5) is 109. The van der Waals surface area contributed by atoms with Gasteiger partial charge in [0.25, 0.3) is 0 Å². The lowest BCUT2D eigenvalue weighted by molar-refractivity contribution is -0.272. The van der Waals surface area contributed by atoms with Gasteiger partial charge in [-0.1, -0.05) is 26.2 Å². The quantitative estimate of drug-likeness (QED) is 0.0156. The molecular weight excluding hydrogens is 1430 g/mol. The van der Waals surface area contributed by atoms with Crippen LogP contribution in [0.4, 0.5) is 0 Å². The smallest absolute Gasteiger partial charge is 0.243 e. The van der Waals surface area contributed by atoms with Gasteiger partial charge in [-0.05, 0) is 82.5 Å². The van der Waals surface area contributed by atoms with Crippen molar-refractivity contribution in [2.45, 2.75) is 241 Å². The molecule has 4 fully saturated rings. The van der Waals surface area contributed by atoms with Crippen LogP contribution in [0.2, 0.25) is 0 Å². The Morgan fingerprint density at radius 3 is 1.39 bits per heavy atom. The van der Waals surface area contributed by atoms with E-state index in [-0.39, 0.29) is 183 Å². The second-order valence-corrected chi connectivity index (χ2v) is 27.8. The highest BCUT2D eigenvalue weighted by Crippen LogP contribution is 2.39. The SMILES string of the molecule is CC(=O)NC(C(O)O)C(OCCOCCOCCNC(=O)CCC(CCC(=O)NCCOCCOCCOC1OC(CO)C(O)C(O)C1NC(C)=O)(CCC(=O)NCCOCCOCCOC1OC(CO)C(O)C(O)C1NC(C)=O)NC(=O)CCCC(=O)NOC1CCC(CC2CCC[C@H](C)C2)C1)OC(C)CO. The van der Waals surface area contributed by atoms with Crippen LogP contribution in [0.15, 0.2) is 0 Å². The summed E-state index contributed by atoms with van der Waals surface area (Å²) in [7, 11) is 0. The molecule has 0 aromatic carbocycles. The number of amides is 8. The van der Waals surface area contributed by atoms with Crippen molar-refractivity contribution in [3.8, 4) is 0 Å². The molecule has 626 valence electrons. The number of aliphatic hydroxyl groups is 9. The van der Waals surface area contributed by atoms with E-state index in [4.69, 9.17) is 61.7 Å². The Kier molecular flexibility index (Phi) is 48.1. The molecular formula is C70H126N8O30. The molecule has 4 rings (SSSR count). The van der Waals surface area contributed by atoms with Crippen molar-refractivity contribution in [2.75, 3.05) is 139 Å². The average molecular weight is 1560 g/mol. The van der Waals surface area contributed by atoms with Gasteiger partial charge in [0, 0.05) is 78.0 Å². The molecule has 38 heteroatoms. The molecule has 108 heavy (non-hydrogen) atoms. The predicted molar refractivity (Wildman–Crippen MR) is 378 cm³/mol. The van der Waals surface area contributed by atoms with Crippen molar-refractivity contribution in [3.63, 3.8) is 0 Å². The van der Waals surface area contributed by atoms with Gasteiger partial charge in [-0.15, -0.1) is 0 Å². The third-order valence-corrected chi connectivity index (χ3v) is 18.7. The van der Waals surface area contributed by atoms with E-state index in [1.54, 1.807) is 0 Å². The molecule has 17 atom stereocenters. The summed E-state index contributed by atoms with van der Waals surface area (Å²) in [6.07, 6.45) is -6.62. The molecule has 0 bridgehead atoms. The molecule has 0 radical (unpaired) electrons. The van der Waals surface area contributed by atoms with Gasteiger partial charge in [-0.3, -0.25) is 43.2 Å². The highest BCUT2D eigenvalue weighted by molar-refractivity contribution is 5.81. The fraction of sp³-hybridized carbons (Fsp3) is 0.886. The number of hydrogen-bond donors (Lipinski definition) is 17. The van der Waals surface area contributed by atoms with E-state index >= 15 is 0 Å². The van der Waals surface area contributed by atoms with Crippen LogP contribution in [0.5, 0.6) is 0 Å². The monoisotopic (exact) mass is 1560 g/mol. The van der Waals surface area contributed by atoms with Crippen LogP contribution in [0.25, 0.3) is 0 Å². The maximum absolute atomic E-state index is 14.1. The Morgan fingerprint density at radius 2 is 0.954 bits per heavy atom. The summed E-state index contributed by atoms with van der Waals surface area (Å²) in [6, 6.07) is -3.61. The maximum Gasteiger partial charge on any atom is 0.243 e. The van der Waals surface area contributed by atoms with Gasteiger partial charge < -0.3 is 140 Å². The molecule has 2 aliphatic carbocycles. The molecule has 17 N–H and O–H groups in total. The second-order valence-electron chi connectivity index (χ2n) is 27.8. The van der Waals surface area contributed by atoms with E-state index in [0.717, 1.165) is 31.1 Å². The van der Waals surface area contributed by atoms with Gasteiger partial charge in [-0.25, -0.2) is 5.48 Å². The second kappa shape index (κ2) is 54.5. The van der Waals surface area contributed by atoms with E-state index in [9.17, 15) is 84.3 Å². The molecule has 38 nitrogen and oxygen atoms in total. The minimum atomic E-state index is -2.05. The average Bonchev–Trinajstić information content (AvgIpc) is 0.917. The van der Waals surface area contributed by atoms with Crippen LogP contribution in [0, 0.1) is 17.8 Å². The number of aliphatic hydroxyl groups excluding tert-OH is 8. The lowest BCUT2D eigenvalue weighted by atomic mass is 9.78. The molecule has 4 aliphatic rings. The van der Waals surface area contributed by atoms with E-state index < -0.39 is 159 Å². The normalized spacial score (nSPS) is 25.8. The van der Waals surface area contributed by atoms with Gasteiger partial charge in [0.05, 0.1) is 131 Å². The van der Waals surface area contributed by atoms with Crippen molar-refractivity contribution in [3.05, 3.63) is 0 Å². The molecule has 0 spiro atoms. The topological polar surface area (TPSA) is 535 Å². The molecule has 0 aromatic heterocycles. The zero-order valence-electron chi connectivity index (χ0n) is 63.4. The van der Waals surface area contributed by atoms with Crippen LogP contribution in [-0.4, -0.2) is 329 Å². The standard InChI is InChI=1S/C70H126N8O30/c1-44-8-6-9-49(38-44)39-50-12-13-51(40-50)108-78-58(89)11-7-10-57(88)77-70(19-16-56(87)73-22-25-98-28-31-101-34-37-104-69(105-45(2)41-79)61(66(94)95)76-48(5)84,17-14-54(85)71-20-23-96-26-29-99-32-35-102-67-59(74-46(3)82)64(92)62(90)52(42-80)106-67)18-15-55(86)72-21-24-97-27-30-100-33-36-103-68-60(75-47(4)83)65(93)63(91)53(43-81)107-68/h44-45,49-53,59-69,79-81,90-95H,6-43H2,1-5H3,(H,71,85)(H,72,86)(H,73,87)(H,74,82)(H,75,83)(H,76,84)(H,77,88)(H,78,89)/t44-,45?,49?,50?,51?,52?,53?,59?,60?,61?,62?,63?,64?,65?,67?,68?,69?,70?/m0/s1. The molecule has 16 unspecified atom stereocenters. The van der Waals surface area contributed by atoms with Crippen molar-refractivity contribution >= 4 is 47.3 Å². The number of rotatable bonds is 58. The Balaban J connectivity index is 1.34. The lowest BCUT2D eigenvalue weighted by Gasteiger charge is -2.42. The summed E-state index contributed by atoms with van der Waals surface area (Å²) in [5.41, 5.74) is 1.25. The lowest BCUT2D eigenvalue weighted by Crippen LogP contribution is -2.64. The van der Waals surface area contributed by atoms with Gasteiger partial charge in [0.1, 0.15) is 54.7 Å². The number of carbonyl (C=O) groups excluding carboxylic acids is 8. The number of ether oxygens (including phenoxy) is 12. The first-order chi connectivity index (χ1) is 51.8. The Bertz CT molecular complexity index is 2470. The fourth-order valence-electron chi connectivity index (χ4n) is 13.1. The summed E-state index contributed by atoms with van der Waals surface area (Å²) in [6.45, 7) is 6.67. The van der Waals surface area contributed by atoms with Crippen molar-refractivity contribution in [1.29, 1.82) is 0 Å². The van der Waals surface area contributed by atoms with Crippen LogP contribution >= 0.6 is 0 Å². The maximum atomic E-state index is 14.1. The van der Waals surface area contributed by atoms with Crippen molar-refractivity contribution in [1.82, 2.24) is 42.7 Å². The minimum Gasteiger partial charge on any atom is -0.394 e. The molecule has 0 aromatic rings. The van der Waals surface area contributed by atoms with E-state index in [1.807, 2.05) is 0 Å². The van der Waals surface area contributed by atoms with Gasteiger partial charge in [0.2, 0.25) is 47.3 Å². The number of carbonyl (C=O) groups is 8. The Labute approximate surface area is 631 Å². The molecule has 2 heterocycles. The zero-order chi connectivity index (χ0) is 79.2. The number of hydroxylamine groups is 1. The van der Waals surface area contributed by atoms with Crippen LogP contribution in [0.3, 0.4) is 0 Å². The van der Waals surface area contributed by atoms with Crippen molar-refractivity contribution in [2.24, 2.45) is 17.8 Å². The minimum absolute atomic E-state index is 0.00159. The Hall–Kier alpha value is -5.12. The third kappa shape index (κ3) is 38.9. The molecule has 2 aliphatic heterocycles. The van der Waals surface area contributed by atoms with Gasteiger partial charge in [0.15, 0.2) is 25.2 Å². The molecule has 2 saturated carbocycles. The van der Waals surface area contributed by atoms with Crippen molar-refractivity contribution < 1.29 is 146 Å².